The van der Waals surface area contributed by atoms with E-state index in [0.717, 1.165) is 4.47 Å². The standard InChI is InChI=1S/C8H9BrClN3/c1-5(10)3-12-8-7(9)2-6(11)4-13-8/h2,4H,1,3,11H2,(H,12,13). The highest BCUT2D eigenvalue weighted by atomic mass is 79.9. The molecule has 0 aliphatic heterocycles. The minimum Gasteiger partial charge on any atom is -0.397 e. The van der Waals surface area contributed by atoms with Crippen LogP contribution in [-0.2, 0) is 0 Å². The molecule has 0 radical (unpaired) electrons. The number of hydrogen-bond acceptors (Lipinski definition) is 3. The number of pyridine rings is 1. The van der Waals surface area contributed by atoms with Gasteiger partial charge in [0.15, 0.2) is 0 Å². The molecule has 0 aliphatic carbocycles. The molecule has 5 heteroatoms. The van der Waals surface area contributed by atoms with Crippen LogP contribution in [0.2, 0.25) is 0 Å². The highest BCUT2D eigenvalue weighted by Gasteiger charge is 2.00. The minimum absolute atomic E-state index is 0.483. The molecule has 0 bridgehead atoms. The second-order valence-corrected chi connectivity index (χ2v) is 3.86. The Kier molecular flexibility index (Phi) is 3.57. The van der Waals surface area contributed by atoms with E-state index in [0.29, 0.717) is 23.1 Å². The molecule has 3 N–H and O–H groups in total. The number of aromatic nitrogens is 1. The summed E-state index contributed by atoms with van der Waals surface area (Å²) in [6.45, 7) is 4.04. The van der Waals surface area contributed by atoms with Crippen LogP contribution in [0.4, 0.5) is 11.5 Å². The van der Waals surface area contributed by atoms with Crippen LogP contribution in [0.5, 0.6) is 0 Å². The van der Waals surface area contributed by atoms with Crippen molar-refractivity contribution in [2.45, 2.75) is 0 Å². The Morgan fingerprint density at radius 2 is 2.46 bits per heavy atom. The fraction of sp³-hybridized carbons (Fsp3) is 0.125. The van der Waals surface area contributed by atoms with Crippen molar-refractivity contribution in [1.29, 1.82) is 0 Å². The highest BCUT2D eigenvalue weighted by molar-refractivity contribution is 9.10. The molecule has 1 rings (SSSR count). The summed E-state index contributed by atoms with van der Waals surface area (Å²) in [5.74, 6) is 0.705. The Hall–Kier alpha value is -0.740. The van der Waals surface area contributed by atoms with E-state index in [1.165, 1.54) is 0 Å². The summed E-state index contributed by atoms with van der Waals surface area (Å²) in [7, 11) is 0. The lowest BCUT2D eigenvalue weighted by atomic mass is 10.4. The molecule has 0 fully saturated rings. The first-order valence-corrected chi connectivity index (χ1v) is 4.75. The molecule has 1 aromatic rings. The molecule has 1 aromatic heterocycles. The molecule has 0 aromatic carbocycles. The molecule has 0 saturated carbocycles. The molecule has 0 spiro atoms. The molecule has 0 amide bonds. The second kappa shape index (κ2) is 4.48. The monoisotopic (exact) mass is 261 g/mol. The lowest BCUT2D eigenvalue weighted by Gasteiger charge is -2.06. The van der Waals surface area contributed by atoms with E-state index in [2.05, 4.69) is 32.8 Å². The molecule has 0 atom stereocenters. The Morgan fingerprint density at radius 1 is 1.77 bits per heavy atom. The van der Waals surface area contributed by atoms with Gasteiger partial charge in [-0.3, -0.25) is 0 Å². The quantitative estimate of drug-likeness (QED) is 0.880. The third kappa shape index (κ3) is 3.24. The summed E-state index contributed by atoms with van der Waals surface area (Å²) in [6.07, 6.45) is 1.57. The fourth-order valence-electron chi connectivity index (χ4n) is 0.762. The number of halogens is 2. The van der Waals surface area contributed by atoms with Crippen molar-refractivity contribution in [3.63, 3.8) is 0 Å². The number of nitrogens with zero attached hydrogens (tertiary/aromatic N) is 1. The number of nitrogen functional groups attached to an aromatic ring is 1. The van der Waals surface area contributed by atoms with Crippen molar-refractivity contribution >= 4 is 39.0 Å². The van der Waals surface area contributed by atoms with Crippen LogP contribution in [0.15, 0.2) is 28.3 Å². The SMILES string of the molecule is C=C(Cl)CNc1ncc(N)cc1Br. The van der Waals surface area contributed by atoms with Crippen molar-refractivity contribution in [3.05, 3.63) is 28.3 Å². The summed E-state index contributed by atoms with van der Waals surface area (Å²) in [6, 6.07) is 1.77. The zero-order valence-electron chi connectivity index (χ0n) is 6.85. The molecule has 3 nitrogen and oxygen atoms in total. The first kappa shape index (κ1) is 10.3. The third-order valence-corrected chi connectivity index (χ3v) is 2.05. The Balaban J connectivity index is 2.72. The zero-order valence-corrected chi connectivity index (χ0v) is 9.19. The number of anilines is 2. The molecule has 0 unspecified atom stereocenters. The smallest absolute Gasteiger partial charge is 0.140 e. The van der Waals surface area contributed by atoms with Gasteiger partial charge in [-0.2, -0.15) is 0 Å². The average Bonchev–Trinajstić information content (AvgIpc) is 2.02. The van der Waals surface area contributed by atoms with Gasteiger partial charge < -0.3 is 11.1 Å². The van der Waals surface area contributed by atoms with Gasteiger partial charge in [0.25, 0.3) is 0 Å². The van der Waals surface area contributed by atoms with Crippen LogP contribution in [0, 0.1) is 0 Å². The van der Waals surface area contributed by atoms with Gasteiger partial charge in [-0.05, 0) is 22.0 Å². The topological polar surface area (TPSA) is 50.9 Å². The maximum Gasteiger partial charge on any atom is 0.140 e. The van der Waals surface area contributed by atoms with Gasteiger partial charge in [0.2, 0.25) is 0 Å². The van der Waals surface area contributed by atoms with Crippen LogP contribution in [0.25, 0.3) is 0 Å². The van der Waals surface area contributed by atoms with E-state index >= 15 is 0 Å². The average molecular weight is 263 g/mol. The predicted octanol–water partition coefficient (Wildman–Crippen LogP) is 2.59. The largest absolute Gasteiger partial charge is 0.397 e. The molecule has 1 heterocycles. The van der Waals surface area contributed by atoms with E-state index in [4.69, 9.17) is 17.3 Å². The first-order chi connectivity index (χ1) is 6.09. The fourth-order valence-corrected chi connectivity index (χ4v) is 1.34. The van der Waals surface area contributed by atoms with Gasteiger partial charge >= 0.3 is 0 Å². The molecule has 0 saturated heterocycles. The van der Waals surface area contributed by atoms with Crippen molar-refractivity contribution in [1.82, 2.24) is 4.98 Å². The van der Waals surface area contributed by atoms with Crippen LogP contribution in [0.1, 0.15) is 0 Å². The maximum atomic E-state index is 5.59. The van der Waals surface area contributed by atoms with Gasteiger partial charge in [-0.1, -0.05) is 18.2 Å². The Labute approximate surface area is 90.1 Å². The van der Waals surface area contributed by atoms with Crippen molar-refractivity contribution in [3.8, 4) is 0 Å². The van der Waals surface area contributed by atoms with E-state index in [9.17, 15) is 0 Å². The van der Waals surface area contributed by atoms with Gasteiger partial charge in [-0.25, -0.2) is 4.98 Å². The van der Waals surface area contributed by atoms with E-state index < -0.39 is 0 Å². The van der Waals surface area contributed by atoms with E-state index in [1.807, 2.05) is 0 Å². The molecular formula is C8H9BrClN3. The van der Waals surface area contributed by atoms with Crippen LogP contribution in [0.3, 0.4) is 0 Å². The second-order valence-electron chi connectivity index (χ2n) is 2.47. The van der Waals surface area contributed by atoms with Crippen LogP contribution < -0.4 is 11.1 Å². The van der Waals surface area contributed by atoms with Gasteiger partial charge in [0.1, 0.15) is 5.82 Å². The predicted molar refractivity (Wildman–Crippen MR) is 59.8 cm³/mol. The zero-order chi connectivity index (χ0) is 9.84. The van der Waals surface area contributed by atoms with Gasteiger partial charge in [0.05, 0.1) is 22.9 Å². The maximum absolute atomic E-state index is 5.59. The first-order valence-electron chi connectivity index (χ1n) is 3.58. The van der Waals surface area contributed by atoms with Crippen molar-refractivity contribution < 1.29 is 0 Å². The summed E-state index contributed by atoms with van der Waals surface area (Å²) >= 11 is 8.91. The minimum atomic E-state index is 0.483. The van der Waals surface area contributed by atoms with Gasteiger partial charge in [0, 0.05) is 5.03 Å². The summed E-state index contributed by atoms with van der Waals surface area (Å²) in [5.41, 5.74) is 6.13. The van der Waals surface area contributed by atoms with E-state index in [1.54, 1.807) is 12.3 Å². The Morgan fingerprint density at radius 3 is 3.00 bits per heavy atom. The van der Waals surface area contributed by atoms with Crippen LogP contribution >= 0.6 is 27.5 Å². The summed E-state index contributed by atoms with van der Waals surface area (Å²) in [5, 5.41) is 3.53. The van der Waals surface area contributed by atoms with Crippen molar-refractivity contribution in [2.24, 2.45) is 0 Å². The molecule has 70 valence electrons. The van der Waals surface area contributed by atoms with Gasteiger partial charge in [-0.15, -0.1) is 0 Å². The van der Waals surface area contributed by atoms with Crippen LogP contribution in [-0.4, -0.2) is 11.5 Å². The number of rotatable bonds is 3. The Bertz CT molecular complexity index is 327. The molecule has 0 aliphatic rings. The number of nitrogens with one attached hydrogen (secondary N) is 1. The third-order valence-electron chi connectivity index (χ3n) is 1.31. The van der Waals surface area contributed by atoms with Crippen molar-refractivity contribution in [2.75, 3.05) is 17.6 Å². The summed E-state index contributed by atoms with van der Waals surface area (Å²) < 4.78 is 0.811. The number of hydrogen-bond donors (Lipinski definition) is 2. The lowest BCUT2D eigenvalue weighted by molar-refractivity contribution is 1.21. The summed E-state index contributed by atoms with van der Waals surface area (Å²) in [4.78, 5) is 4.07. The lowest BCUT2D eigenvalue weighted by Crippen LogP contribution is -2.03. The molecular weight excluding hydrogens is 253 g/mol. The van der Waals surface area contributed by atoms with E-state index in [-0.39, 0.29) is 0 Å². The highest BCUT2D eigenvalue weighted by Crippen LogP contribution is 2.21. The number of nitrogens with two attached hydrogens (primary N) is 1. The normalized spacial score (nSPS) is 9.69. The molecule has 13 heavy (non-hydrogen) atoms.